The molecule has 0 aliphatic carbocycles. The summed E-state index contributed by atoms with van der Waals surface area (Å²) in [4.78, 5) is 12.0. The second-order valence-electron chi connectivity index (χ2n) is 4.08. The number of halogens is 1. The lowest BCUT2D eigenvalue weighted by atomic mass is 10.2. The highest BCUT2D eigenvalue weighted by Crippen LogP contribution is 2.26. The van der Waals surface area contributed by atoms with Gasteiger partial charge in [-0.15, -0.1) is 10.2 Å². The summed E-state index contributed by atoms with van der Waals surface area (Å²) in [7, 11) is 0. The van der Waals surface area contributed by atoms with Crippen LogP contribution in [-0.4, -0.2) is 21.9 Å². The highest BCUT2D eigenvalue weighted by atomic mass is 35.5. The summed E-state index contributed by atoms with van der Waals surface area (Å²) in [5.41, 5.74) is 1.55. The summed E-state index contributed by atoms with van der Waals surface area (Å²) in [6.07, 6.45) is 0. The van der Waals surface area contributed by atoms with Crippen LogP contribution in [0.1, 0.15) is 17.3 Å². The minimum Gasteiger partial charge on any atom is -0.296 e. The first-order chi connectivity index (χ1) is 9.54. The van der Waals surface area contributed by atoms with E-state index in [1.807, 2.05) is 6.92 Å². The zero-order chi connectivity index (χ0) is 14.5. The normalized spacial score (nSPS) is 10.3. The van der Waals surface area contributed by atoms with Gasteiger partial charge in [0, 0.05) is 16.3 Å². The molecule has 0 saturated heterocycles. The molecule has 4 nitrogen and oxygen atoms in total. The van der Waals surface area contributed by atoms with Crippen molar-refractivity contribution in [3.05, 3.63) is 47.0 Å². The highest BCUT2D eigenvalue weighted by Gasteiger charge is 2.10. The Labute approximate surface area is 130 Å². The summed E-state index contributed by atoms with van der Waals surface area (Å²) in [5, 5.41) is 11.6. The number of amides is 1. The number of aromatic nitrogens is 2. The summed E-state index contributed by atoms with van der Waals surface area (Å²) in [6.45, 7) is 5.78. The average molecular weight is 326 g/mol. The molecule has 0 aliphatic rings. The number of hydrogen-bond acceptors (Lipinski definition) is 5. The fourth-order valence-electron chi connectivity index (χ4n) is 1.30. The van der Waals surface area contributed by atoms with Crippen LogP contribution in [0.3, 0.4) is 0 Å². The number of thioether (sulfide) groups is 1. The average Bonchev–Trinajstić information content (AvgIpc) is 2.84. The maximum Gasteiger partial charge on any atom is 0.257 e. The smallest absolute Gasteiger partial charge is 0.257 e. The van der Waals surface area contributed by atoms with Crippen LogP contribution in [0.4, 0.5) is 5.13 Å². The van der Waals surface area contributed by atoms with Crippen molar-refractivity contribution >= 4 is 45.7 Å². The molecule has 1 aromatic heterocycles. The van der Waals surface area contributed by atoms with Crippen molar-refractivity contribution in [2.75, 3.05) is 11.1 Å². The van der Waals surface area contributed by atoms with E-state index in [1.54, 1.807) is 36.0 Å². The number of anilines is 1. The van der Waals surface area contributed by atoms with Crippen LogP contribution in [0.15, 0.2) is 40.8 Å². The summed E-state index contributed by atoms with van der Waals surface area (Å²) in [6, 6.07) is 6.74. The molecular formula is C13H12ClN3OS2. The molecule has 0 radical (unpaired) electrons. The van der Waals surface area contributed by atoms with Gasteiger partial charge in [0.05, 0.1) is 0 Å². The van der Waals surface area contributed by atoms with Crippen molar-refractivity contribution in [2.24, 2.45) is 0 Å². The van der Waals surface area contributed by atoms with Crippen LogP contribution in [0, 0.1) is 0 Å². The van der Waals surface area contributed by atoms with Gasteiger partial charge in [0.1, 0.15) is 0 Å². The third-order valence-corrected chi connectivity index (χ3v) is 4.59. The minimum absolute atomic E-state index is 0.250. The number of nitrogens with zero attached hydrogens (tertiary/aromatic N) is 2. The van der Waals surface area contributed by atoms with E-state index < -0.39 is 0 Å². The van der Waals surface area contributed by atoms with Crippen molar-refractivity contribution in [3.63, 3.8) is 0 Å². The topological polar surface area (TPSA) is 54.9 Å². The zero-order valence-corrected chi connectivity index (χ0v) is 13.1. The Morgan fingerprint density at radius 1 is 1.50 bits per heavy atom. The number of benzene rings is 1. The monoisotopic (exact) mass is 325 g/mol. The maximum atomic E-state index is 12.0. The Balaban J connectivity index is 1.99. The first-order valence-corrected chi connectivity index (χ1v) is 7.90. The van der Waals surface area contributed by atoms with Crippen molar-refractivity contribution in [3.8, 4) is 0 Å². The van der Waals surface area contributed by atoms with E-state index in [4.69, 9.17) is 11.6 Å². The molecule has 2 rings (SSSR count). The Morgan fingerprint density at radius 2 is 2.30 bits per heavy atom. The molecule has 2 aromatic rings. The predicted octanol–water partition coefficient (Wildman–Crippen LogP) is 4.11. The third kappa shape index (κ3) is 4.33. The van der Waals surface area contributed by atoms with E-state index in [9.17, 15) is 4.79 Å². The summed E-state index contributed by atoms with van der Waals surface area (Å²) in [5.74, 6) is 0.539. The molecule has 20 heavy (non-hydrogen) atoms. The van der Waals surface area contributed by atoms with Gasteiger partial charge in [-0.2, -0.15) is 0 Å². The van der Waals surface area contributed by atoms with Crippen molar-refractivity contribution < 1.29 is 4.79 Å². The molecule has 0 fully saturated rings. The molecule has 1 heterocycles. The maximum absolute atomic E-state index is 12.0. The lowest BCUT2D eigenvalue weighted by molar-refractivity contribution is 0.102. The van der Waals surface area contributed by atoms with Crippen LogP contribution in [0.2, 0.25) is 5.02 Å². The quantitative estimate of drug-likeness (QED) is 0.510. The molecule has 1 N–H and O–H groups in total. The molecule has 0 atom stereocenters. The molecule has 0 bridgehead atoms. The molecule has 0 unspecified atom stereocenters. The number of carbonyl (C=O) groups excluding carboxylic acids is 1. The van der Waals surface area contributed by atoms with Crippen LogP contribution >= 0.6 is 34.7 Å². The van der Waals surface area contributed by atoms with Crippen LogP contribution in [-0.2, 0) is 0 Å². The molecule has 0 aliphatic heterocycles. The van der Waals surface area contributed by atoms with Gasteiger partial charge in [0.15, 0.2) is 4.34 Å². The number of carbonyl (C=O) groups is 1. The van der Waals surface area contributed by atoms with E-state index in [0.717, 1.165) is 15.7 Å². The largest absolute Gasteiger partial charge is 0.296 e. The van der Waals surface area contributed by atoms with Gasteiger partial charge >= 0.3 is 0 Å². The summed E-state index contributed by atoms with van der Waals surface area (Å²) < 4.78 is 0.800. The van der Waals surface area contributed by atoms with E-state index in [2.05, 4.69) is 22.1 Å². The fourth-order valence-corrected chi connectivity index (χ4v) is 3.08. The lowest BCUT2D eigenvalue weighted by Crippen LogP contribution is -2.11. The molecule has 0 saturated carbocycles. The SMILES string of the molecule is C=C(C)CSc1nnc(NC(=O)c2cccc(Cl)c2)s1. The van der Waals surface area contributed by atoms with E-state index >= 15 is 0 Å². The Morgan fingerprint density at radius 3 is 3.00 bits per heavy atom. The second kappa shape index (κ2) is 6.88. The molecular weight excluding hydrogens is 314 g/mol. The van der Waals surface area contributed by atoms with E-state index in [1.165, 1.54) is 11.3 Å². The van der Waals surface area contributed by atoms with Gasteiger partial charge in [0.25, 0.3) is 5.91 Å². The molecule has 104 valence electrons. The zero-order valence-electron chi connectivity index (χ0n) is 10.7. The van der Waals surface area contributed by atoms with Gasteiger partial charge in [0.2, 0.25) is 5.13 Å². The molecule has 0 spiro atoms. The number of rotatable bonds is 5. The van der Waals surface area contributed by atoms with Crippen LogP contribution in [0.25, 0.3) is 0 Å². The number of hydrogen-bond donors (Lipinski definition) is 1. The minimum atomic E-state index is -0.250. The van der Waals surface area contributed by atoms with Crippen molar-refractivity contribution in [1.29, 1.82) is 0 Å². The van der Waals surface area contributed by atoms with Gasteiger partial charge in [-0.25, -0.2) is 0 Å². The van der Waals surface area contributed by atoms with Gasteiger partial charge in [-0.05, 0) is 25.1 Å². The van der Waals surface area contributed by atoms with Gasteiger partial charge < -0.3 is 0 Å². The number of nitrogens with one attached hydrogen (secondary N) is 1. The lowest BCUT2D eigenvalue weighted by Gasteiger charge is -2.01. The van der Waals surface area contributed by atoms with E-state index in [0.29, 0.717) is 15.7 Å². The standard InChI is InChI=1S/C13H12ClN3OS2/c1-8(2)7-19-13-17-16-12(20-13)15-11(18)9-4-3-5-10(14)6-9/h3-6H,1,7H2,2H3,(H,15,16,18). The second-order valence-corrected chi connectivity index (χ2v) is 6.72. The fraction of sp³-hybridized carbons (Fsp3) is 0.154. The first-order valence-electron chi connectivity index (χ1n) is 5.72. The highest BCUT2D eigenvalue weighted by molar-refractivity contribution is 8.01. The van der Waals surface area contributed by atoms with Crippen molar-refractivity contribution in [1.82, 2.24) is 10.2 Å². The molecule has 1 aromatic carbocycles. The summed E-state index contributed by atoms with van der Waals surface area (Å²) >= 11 is 8.73. The Hall–Kier alpha value is -1.37. The first kappa shape index (κ1) is 15.0. The van der Waals surface area contributed by atoms with Gasteiger partial charge in [-0.1, -0.05) is 52.9 Å². The Kier molecular flexibility index (Phi) is 5.17. The molecule has 1 amide bonds. The van der Waals surface area contributed by atoms with Crippen LogP contribution < -0.4 is 5.32 Å². The third-order valence-electron chi connectivity index (χ3n) is 2.16. The Bertz CT molecular complexity index is 642. The van der Waals surface area contributed by atoms with E-state index in [-0.39, 0.29) is 5.91 Å². The van der Waals surface area contributed by atoms with Crippen molar-refractivity contribution in [2.45, 2.75) is 11.3 Å². The van der Waals surface area contributed by atoms with Gasteiger partial charge in [-0.3, -0.25) is 10.1 Å². The molecule has 7 heteroatoms. The van der Waals surface area contributed by atoms with Crippen LogP contribution in [0.5, 0.6) is 0 Å². The predicted molar refractivity (Wildman–Crippen MR) is 84.9 cm³/mol.